The van der Waals surface area contributed by atoms with E-state index in [1.165, 1.54) is 5.56 Å². The number of hydrogen-bond acceptors (Lipinski definition) is 4. The molecule has 0 radical (unpaired) electrons. The lowest BCUT2D eigenvalue weighted by molar-refractivity contribution is 0.0732. The minimum atomic E-state index is 0.119. The second-order valence-electron chi connectivity index (χ2n) is 6.61. The lowest BCUT2D eigenvalue weighted by Gasteiger charge is -2.25. The third-order valence-electron chi connectivity index (χ3n) is 5.05. The Morgan fingerprint density at radius 2 is 1.83 bits per heavy atom. The van der Waals surface area contributed by atoms with Crippen LogP contribution in [0.2, 0.25) is 0 Å². The van der Waals surface area contributed by atoms with E-state index in [2.05, 4.69) is 21.3 Å². The van der Waals surface area contributed by atoms with Gasteiger partial charge >= 0.3 is 0 Å². The number of aromatic nitrogens is 4. The van der Waals surface area contributed by atoms with Gasteiger partial charge in [0.25, 0.3) is 5.91 Å². The molecule has 122 valence electrons. The maximum absolute atomic E-state index is 12.7. The fourth-order valence-corrected chi connectivity index (χ4v) is 4.01. The molecule has 2 aliphatic heterocycles. The van der Waals surface area contributed by atoms with Gasteiger partial charge < -0.3 is 4.90 Å². The Balaban J connectivity index is 1.46. The maximum Gasteiger partial charge on any atom is 0.257 e. The van der Waals surface area contributed by atoms with Crippen molar-refractivity contribution in [2.75, 3.05) is 13.1 Å². The van der Waals surface area contributed by atoms with Gasteiger partial charge in [-0.05, 0) is 12.8 Å². The third-order valence-corrected chi connectivity index (χ3v) is 5.05. The van der Waals surface area contributed by atoms with Crippen LogP contribution in [0.5, 0.6) is 0 Å². The number of carbonyl (C=O) groups excluding carboxylic acids is 1. The first-order chi connectivity index (χ1) is 11.1. The number of amides is 1. The van der Waals surface area contributed by atoms with Gasteiger partial charge in [0.15, 0.2) is 0 Å². The van der Waals surface area contributed by atoms with E-state index in [1.807, 2.05) is 29.9 Å². The molecule has 0 N–H and O–H groups in total. The van der Waals surface area contributed by atoms with E-state index < -0.39 is 0 Å². The Bertz CT molecular complexity index is 720. The fourth-order valence-electron chi connectivity index (χ4n) is 4.01. The number of fused-ring (bicyclic) bond motifs is 1. The predicted octanol–water partition coefficient (Wildman–Crippen LogP) is 0.643. The predicted molar refractivity (Wildman–Crippen MR) is 84.7 cm³/mol. The fraction of sp³-hybridized carbons (Fsp3) is 0.562. The molecule has 0 unspecified atom stereocenters. The molecule has 0 aliphatic carbocycles. The van der Waals surface area contributed by atoms with E-state index in [0.717, 1.165) is 32.5 Å². The minimum absolute atomic E-state index is 0.119. The molecule has 4 heterocycles. The van der Waals surface area contributed by atoms with Crippen molar-refractivity contribution in [2.24, 2.45) is 14.1 Å². The van der Waals surface area contributed by atoms with Crippen LogP contribution in [0.1, 0.15) is 28.8 Å². The zero-order chi connectivity index (χ0) is 16.0. The Hall–Kier alpha value is -2.15. The van der Waals surface area contributed by atoms with Crippen molar-refractivity contribution in [3.05, 3.63) is 35.9 Å². The van der Waals surface area contributed by atoms with Gasteiger partial charge in [-0.2, -0.15) is 10.2 Å². The zero-order valence-electron chi connectivity index (χ0n) is 13.6. The van der Waals surface area contributed by atoms with Crippen molar-refractivity contribution in [2.45, 2.75) is 31.5 Å². The Morgan fingerprint density at radius 1 is 1.09 bits per heavy atom. The highest BCUT2D eigenvalue weighted by Gasteiger charge is 2.44. The lowest BCUT2D eigenvalue weighted by atomic mass is 10.1. The second kappa shape index (κ2) is 5.49. The maximum atomic E-state index is 12.7. The van der Waals surface area contributed by atoms with Crippen LogP contribution in [-0.2, 0) is 20.6 Å². The molecule has 0 saturated carbocycles. The van der Waals surface area contributed by atoms with E-state index in [0.29, 0.717) is 17.6 Å². The summed E-state index contributed by atoms with van der Waals surface area (Å²) in [7, 11) is 3.79. The van der Waals surface area contributed by atoms with Crippen LogP contribution in [0.15, 0.2) is 24.8 Å². The van der Waals surface area contributed by atoms with E-state index in [4.69, 9.17) is 0 Å². The van der Waals surface area contributed by atoms with Crippen molar-refractivity contribution >= 4 is 5.91 Å². The van der Waals surface area contributed by atoms with Crippen LogP contribution in [0, 0.1) is 0 Å². The van der Waals surface area contributed by atoms with Crippen LogP contribution in [-0.4, -0.2) is 60.4 Å². The molecule has 23 heavy (non-hydrogen) atoms. The molecular weight excluding hydrogens is 292 g/mol. The highest BCUT2D eigenvalue weighted by molar-refractivity contribution is 5.94. The summed E-state index contributed by atoms with van der Waals surface area (Å²) in [4.78, 5) is 17.3. The summed E-state index contributed by atoms with van der Waals surface area (Å²) in [6, 6.07) is 0.801. The molecule has 2 aromatic rings. The van der Waals surface area contributed by atoms with Crippen molar-refractivity contribution in [3.63, 3.8) is 0 Å². The van der Waals surface area contributed by atoms with Gasteiger partial charge in [-0.15, -0.1) is 0 Å². The lowest BCUT2D eigenvalue weighted by Crippen LogP contribution is -2.39. The van der Waals surface area contributed by atoms with Gasteiger partial charge in [0, 0.05) is 63.8 Å². The molecule has 2 aromatic heterocycles. The Kier molecular flexibility index (Phi) is 3.45. The largest absolute Gasteiger partial charge is 0.334 e. The van der Waals surface area contributed by atoms with Crippen LogP contribution in [0.25, 0.3) is 0 Å². The van der Waals surface area contributed by atoms with Gasteiger partial charge in [0.2, 0.25) is 0 Å². The molecule has 1 amide bonds. The van der Waals surface area contributed by atoms with Crippen LogP contribution < -0.4 is 0 Å². The number of likely N-dealkylation sites (tertiary alicyclic amines) is 2. The molecule has 2 saturated heterocycles. The number of rotatable bonds is 3. The van der Waals surface area contributed by atoms with Gasteiger partial charge in [-0.3, -0.25) is 19.1 Å². The molecule has 0 bridgehead atoms. The zero-order valence-corrected chi connectivity index (χ0v) is 13.6. The van der Waals surface area contributed by atoms with Gasteiger partial charge in [-0.25, -0.2) is 0 Å². The summed E-state index contributed by atoms with van der Waals surface area (Å²) in [6.45, 7) is 2.80. The molecule has 2 fully saturated rings. The molecule has 2 atom stereocenters. The Morgan fingerprint density at radius 3 is 2.52 bits per heavy atom. The Labute approximate surface area is 135 Å². The minimum Gasteiger partial charge on any atom is -0.334 e. The smallest absolute Gasteiger partial charge is 0.257 e. The van der Waals surface area contributed by atoms with E-state index >= 15 is 0 Å². The average molecular weight is 314 g/mol. The number of nitrogens with zero attached hydrogens (tertiary/aromatic N) is 6. The highest BCUT2D eigenvalue weighted by atomic mass is 16.2. The number of aryl methyl sites for hydroxylation is 2. The van der Waals surface area contributed by atoms with Crippen molar-refractivity contribution in [1.29, 1.82) is 0 Å². The van der Waals surface area contributed by atoms with Gasteiger partial charge in [0.1, 0.15) is 0 Å². The standard InChI is InChI=1S/C16H22N6O/c1-19-9-12(7-17-19)10-21-5-3-15-14(21)4-6-22(15)16(23)13-8-18-20(2)11-13/h7-9,11,14-15H,3-6,10H2,1-2H3/t14-,15+/m1/s1. The average Bonchev–Trinajstić information content (AvgIpc) is 3.26. The summed E-state index contributed by atoms with van der Waals surface area (Å²) in [5, 5.41) is 8.36. The molecule has 0 aromatic carbocycles. The molecule has 0 spiro atoms. The number of hydrogen-bond donors (Lipinski definition) is 0. The quantitative estimate of drug-likeness (QED) is 0.834. The molecule has 7 nitrogen and oxygen atoms in total. The van der Waals surface area contributed by atoms with Crippen molar-refractivity contribution in [1.82, 2.24) is 29.4 Å². The third kappa shape index (κ3) is 2.55. The topological polar surface area (TPSA) is 59.2 Å². The van der Waals surface area contributed by atoms with Crippen molar-refractivity contribution < 1.29 is 4.79 Å². The second-order valence-corrected chi connectivity index (χ2v) is 6.61. The first-order valence-electron chi connectivity index (χ1n) is 8.13. The van der Waals surface area contributed by atoms with Crippen molar-refractivity contribution in [3.8, 4) is 0 Å². The summed E-state index contributed by atoms with van der Waals surface area (Å²) in [5.41, 5.74) is 1.93. The molecule has 2 aliphatic rings. The van der Waals surface area contributed by atoms with E-state index in [9.17, 15) is 4.79 Å². The SMILES string of the molecule is Cn1cc(CN2CC[C@H]3[C@H]2CCN3C(=O)c2cnn(C)c2)cn1. The van der Waals surface area contributed by atoms with Crippen LogP contribution in [0.3, 0.4) is 0 Å². The summed E-state index contributed by atoms with van der Waals surface area (Å²) < 4.78 is 3.53. The molecule has 7 heteroatoms. The first kappa shape index (κ1) is 14.4. The monoisotopic (exact) mass is 314 g/mol. The normalized spacial score (nSPS) is 24.3. The van der Waals surface area contributed by atoms with Gasteiger partial charge in [-0.1, -0.05) is 0 Å². The highest BCUT2D eigenvalue weighted by Crippen LogP contribution is 2.33. The molecular formula is C16H22N6O. The first-order valence-corrected chi connectivity index (χ1v) is 8.13. The van der Waals surface area contributed by atoms with Crippen LogP contribution >= 0.6 is 0 Å². The van der Waals surface area contributed by atoms with Gasteiger partial charge in [0.05, 0.1) is 18.0 Å². The summed E-state index contributed by atoms with van der Waals surface area (Å²) >= 11 is 0. The molecule has 4 rings (SSSR count). The van der Waals surface area contributed by atoms with Crippen LogP contribution in [0.4, 0.5) is 0 Å². The summed E-state index contributed by atoms with van der Waals surface area (Å²) in [5.74, 6) is 0.119. The van der Waals surface area contributed by atoms with E-state index in [1.54, 1.807) is 17.1 Å². The summed E-state index contributed by atoms with van der Waals surface area (Å²) in [6.07, 6.45) is 9.57. The van der Waals surface area contributed by atoms with E-state index in [-0.39, 0.29) is 5.91 Å². The number of carbonyl (C=O) groups is 1.